The number of para-hydroxylation sites is 1. The Hall–Kier alpha value is -3.13. The maximum absolute atomic E-state index is 13.0. The standard InChI is InChI=1S/C21H25N5O3/c1-25-19(27)15-8-5-7-14(13-23-18-16(20(28)29)9-6-10-22-18)17(15)24-21(25)26-11-3-2-4-12-26/h5-10,18,22-23H,2-4,11-13H2,1H3,(H,28,29). The van der Waals surface area contributed by atoms with Crippen LogP contribution in [0.5, 0.6) is 0 Å². The molecule has 0 radical (unpaired) electrons. The van der Waals surface area contributed by atoms with Crippen LogP contribution in [0.15, 0.2) is 46.9 Å². The van der Waals surface area contributed by atoms with Crippen molar-refractivity contribution in [2.24, 2.45) is 7.05 Å². The highest BCUT2D eigenvalue weighted by atomic mass is 16.4. The largest absolute Gasteiger partial charge is 0.478 e. The fourth-order valence-corrected chi connectivity index (χ4v) is 3.93. The first-order valence-corrected chi connectivity index (χ1v) is 9.89. The predicted molar refractivity (Wildman–Crippen MR) is 112 cm³/mol. The van der Waals surface area contributed by atoms with Crippen molar-refractivity contribution < 1.29 is 9.90 Å². The Morgan fingerprint density at radius 2 is 2.10 bits per heavy atom. The summed E-state index contributed by atoms with van der Waals surface area (Å²) >= 11 is 0. The van der Waals surface area contributed by atoms with Crippen LogP contribution in [0.3, 0.4) is 0 Å². The number of nitrogens with zero attached hydrogens (tertiary/aromatic N) is 3. The molecule has 1 atom stereocenters. The molecule has 2 aliphatic heterocycles. The van der Waals surface area contributed by atoms with Gasteiger partial charge in [-0.1, -0.05) is 12.1 Å². The monoisotopic (exact) mass is 395 g/mol. The van der Waals surface area contributed by atoms with E-state index in [-0.39, 0.29) is 11.1 Å². The maximum atomic E-state index is 13.0. The fourth-order valence-electron chi connectivity index (χ4n) is 3.93. The van der Waals surface area contributed by atoms with Crippen molar-refractivity contribution in [3.63, 3.8) is 0 Å². The average molecular weight is 395 g/mol. The number of anilines is 1. The number of aromatic nitrogens is 2. The van der Waals surface area contributed by atoms with Crippen LogP contribution in [0.2, 0.25) is 0 Å². The van der Waals surface area contributed by atoms with Crippen molar-refractivity contribution in [2.75, 3.05) is 18.0 Å². The maximum Gasteiger partial charge on any atom is 0.335 e. The van der Waals surface area contributed by atoms with Crippen molar-refractivity contribution in [1.82, 2.24) is 20.2 Å². The summed E-state index contributed by atoms with van der Waals surface area (Å²) < 4.78 is 1.63. The zero-order valence-electron chi connectivity index (χ0n) is 16.4. The summed E-state index contributed by atoms with van der Waals surface area (Å²) in [6.45, 7) is 2.18. The zero-order chi connectivity index (χ0) is 20.4. The summed E-state index contributed by atoms with van der Waals surface area (Å²) in [5.74, 6) is -0.281. The molecule has 0 bridgehead atoms. The highest BCUT2D eigenvalue weighted by Crippen LogP contribution is 2.21. The van der Waals surface area contributed by atoms with Gasteiger partial charge in [0, 0.05) is 26.7 Å². The smallest absolute Gasteiger partial charge is 0.335 e. The molecule has 1 fully saturated rings. The Bertz CT molecular complexity index is 1050. The van der Waals surface area contributed by atoms with E-state index in [1.54, 1.807) is 36.0 Å². The Kier molecular flexibility index (Phi) is 5.35. The minimum Gasteiger partial charge on any atom is -0.478 e. The van der Waals surface area contributed by atoms with Gasteiger partial charge < -0.3 is 15.3 Å². The number of hydrogen-bond donors (Lipinski definition) is 3. The third-order valence-corrected chi connectivity index (χ3v) is 5.49. The van der Waals surface area contributed by atoms with Crippen LogP contribution in [0.1, 0.15) is 24.8 Å². The van der Waals surface area contributed by atoms with Crippen LogP contribution in [0.25, 0.3) is 10.9 Å². The zero-order valence-corrected chi connectivity index (χ0v) is 16.4. The molecule has 152 valence electrons. The van der Waals surface area contributed by atoms with E-state index in [1.165, 1.54) is 6.42 Å². The van der Waals surface area contributed by atoms with Crippen LogP contribution < -0.4 is 21.1 Å². The first-order chi connectivity index (χ1) is 14.1. The molecule has 1 saturated heterocycles. The number of allylic oxidation sites excluding steroid dienone is 2. The van der Waals surface area contributed by atoms with Gasteiger partial charge in [-0.05, 0) is 49.2 Å². The molecule has 2 aliphatic rings. The van der Waals surface area contributed by atoms with Crippen molar-refractivity contribution in [2.45, 2.75) is 32.0 Å². The Morgan fingerprint density at radius 1 is 1.31 bits per heavy atom. The van der Waals surface area contributed by atoms with Crippen LogP contribution in [-0.4, -0.2) is 39.9 Å². The summed E-state index contributed by atoms with van der Waals surface area (Å²) in [7, 11) is 1.77. The minimum absolute atomic E-state index is 0.0673. The van der Waals surface area contributed by atoms with Gasteiger partial charge in [0.1, 0.15) is 6.17 Å². The summed E-state index contributed by atoms with van der Waals surface area (Å²) in [5.41, 5.74) is 1.70. The summed E-state index contributed by atoms with van der Waals surface area (Å²) in [6, 6.07) is 5.55. The second kappa shape index (κ2) is 8.08. The average Bonchev–Trinajstić information content (AvgIpc) is 2.75. The molecule has 1 aromatic carbocycles. The molecule has 0 spiro atoms. The molecule has 1 unspecified atom stereocenters. The molecule has 8 nitrogen and oxygen atoms in total. The molecular formula is C21H25N5O3. The van der Waals surface area contributed by atoms with Gasteiger partial charge in [-0.2, -0.15) is 0 Å². The number of piperidine rings is 1. The predicted octanol–water partition coefficient (Wildman–Crippen LogP) is 1.47. The number of hydrogen-bond acceptors (Lipinski definition) is 6. The molecule has 0 saturated carbocycles. The van der Waals surface area contributed by atoms with E-state index in [9.17, 15) is 14.7 Å². The molecule has 0 aliphatic carbocycles. The number of dihydropyridines is 1. The van der Waals surface area contributed by atoms with E-state index in [4.69, 9.17) is 4.98 Å². The summed E-state index contributed by atoms with van der Waals surface area (Å²) in [6.07, 6.45) is 7.83. The molecule has 0 amide bonds. The summed E-state index contributed by atoms with van der Waals surface area (Å²) in [4.78, 5) is 31.4. The van der Waals surface area contributed by atoms with Crippen molar-refractivity contribution >= 4 is 22.8 Å². The Labute approximate surface area is 168 Å². The highest BCUT2D eigenvalue weighted by Gasteiger charge is 2.22. The normalized spacial score (nSPS) is 19.1. The molecule has 8 heteroatoms. The van der Waals surface area contributed by atoms with Crippen LogP contribution in [0, 0.1) is 0 Å². The number of nitrogens with one attached hydrogen (secondary N) is 2. The quantitative estimate of drug-likeness (QED) is 0.705. The van der Waals surface area contributed by atoms with E-state index in [0.29, 0.717) is 23.4 Å². The van der Waals surface area contributed by atoms with E-state index in [1.807, 2.05) is 12.1 Å². The lowest BCUT2D eigenvalue weighted by molar-refractivity contribution is -0.133. The number of fused-ring (bicyclic) bond motifs is 1. The molecule has 2 aromatic rings. The molecule has 4 rings (SSSR count). The first kappa shape index (κ1) is 19.2. The number of aliphatic carboxylic acids is 1. The molecule has 3 N–H and O–H groups in total. The van der Waals surface area contributed by atoms with Crippen LogP contribution >= 0.6 is 0 Å². The van der Waals surface area contributed by atoms with Crippen molar-refractivity contribution in [3.8, 4) is 0 Å². The van der Waals surface area contributed by atoms with E-state index >= 15 is 0 Å². The number of rotatable bonds is 5. The molecular weight excluding hydrogens is 370 g/mol. The number of carbonyl (C=O) groups is 1. The number of carboxylic acid groups (broad SMARTS) is 1. The van der Waals surface area contributed by atoms with Gasteiger partial charge in [-0.15, -0.1) is 0 Å². The van der Waals surface area contributed by atoms with E-state index in [2.05, 4.69) is 15.5 Å². The lowest BCUT2D eigenvalue weighted by Gasteiger charge is -2.29. The van der Waals surface area contributed by atoms with Gasteiger partial charge in [0.15, 0.2) is 0 Å². The number of benzene rings is 1. The molecule has 3 heterocycles. The van der Waals surface area contributed by atoms with Gasteiger partial charge in [0.2, 0.25) is 5.95 Å². The van der Waals surface area contributed by atoms with Gasteiger partial charge in [0.05, 0.1) is 16.5 Å². The second-order valence-electron chi connectivity index (χ2n) is 7.40. The second-order valence-corrected chi connectivity index (χ2v) is 7.40. The summed E-state index contributed by atoms with van der Waals surface area (Å²) in [5, 5.41) is 16.2. The van der Waals surface area contributed by atoms with E-state index in [0.717, 1.165) is 31.5 Å². The van der Waals surface area contributed by atoms with Crippen LogP contribution in [0.4, 0.5) is 5.95 Å². The number of carboxylic acids is 1. The molecule has 29 heavy (non-hydrogen) atoms. The third-order valence-electron chi connectivity index (χ3n) is 5.49. The lowest BCUT2D eigenvalue weighted by Crippen LogP contribution is -2.44. The minimum atomic E-state index is -0.975. The van der Waals surface area contributed by atoms with E-state index < -0.39 is 12.1 Å². The molecule has 1 aromatic heterocycles. The van der Waals surface area contributed by atoms with Gasteiger partial charge >= 0.3 is 5.97 Å². The SMILES string of the molecule is Cn1c(N2CCCCC2)nc2c(CNC3NC=CC=C3C(=O)O)cccc2c1=O. The van der Waals surface area contributed by atoms with Crippen molar-refractivity contribution in [3.05, 3.63) is 58.0 Å². The topological polar surface area (TPSA) is 99.5 Å². The Balaban J connectivity index is 1.67. The van der Waals surface area contributed by atoms with Crippen LogP contribution in [-0.2, 0) is 18.4 Å². The van der Waals surface area contributed by atoms with Gasteiger partial charge in [-0.25, -0.2) is 9.78 Å². The lowest BCUT2D eigenvalue weighted by atomic mass is 10.1. The first-order valence-electron chi connectivity index (χ1n) is 9.89. The Morgan fingerprint density at radius 3 is 2.86 bits per heavy atom. The van der Waals surface area contributed by atoms with Gasteiger partial charge in [0.25, 0.3) is 5.56 Å². The van der Waals surface area contributed by atoms with Crippen molar-refractivity contribution in [1.29, 1.82) is 0 Å². The third kappa shape index (κ3) is 3.75. The van der Waals surface area contributed by atoms with Gasteiger partial charge in [-0.3, -0.25) is 14.7 Å². The highest BCUT2D eigenvalue weighted by molar-refractivity contribution is 5.88. The fraction of sp³-hybridized carbons (Fsp3) is 0.381.